The number of rotatable bonds is 4. The molecule has 0 radical (unpaired) electrons. The molecule has 0 unspecified atom stereocenters. The van der Waals surface area contributed by atoms with Gasteiger partial charge in [-0.2, -0.15) is 0 Å². The summed E-state index contributed by atoms with van der Waals surface area (Å²) in [4.78, 5) is 4.90. The molecule has 0 aliphatic heterocycles. The number of halogens is 1. The maximum Gasteiger partial charge on any atom is 0.134 e. The summed E-state index contributed by atoms with van der Waals surface area (Å²) in [6.45, 7) is 2.09. The lowest BCUT2D eigenvalue weighted by Gasteiger charge is -2.16. The van der Waals surface area contributed by atoms with E-state index in [9.17, 15) is 0 Å². The molecule has 4 aromatic rings. The van der Waals surface area contributed by atoms with Crippen LogP contribution >= 0.6 is 11.6 Å². The van der Waals surface area contributed by atoms with Crippen molar-refractivity contribution in [2.75, 3.05) is 5.32 Å². The number of nitrogens with one attached hydrogen (secondary N) is 1. The van der Waals surface area contributed by atoms with Crippen LogP contribution in [0.25, 0.3) is 22.4 Å². The highest BCUT2D eigenvalue weighted by atomic mass is 35.5. The Kier molecular flexibility index (Phi) is 4.91. The molecule has 1 heterocycles. The van der Waals surface area contributed by atoms with E-state index in [0.29, 0.717) is 0 Å². The Morgan fingerprint density at radius 3 is 2.04 bits per heavy atom. The van der Waals surface area contributed by atoms with Gasteiger partial charge < -0.3 is 5.32 Å². The van der Waals surface area contributed by atoms with Gasteiger partial charge in [-0.15, -0.1) is 0 Å². The van der Waals surface area contributed by atoms with Crippen LogP contribution in [0.1, 0.15) is 5.56 Å². The van der Waals surface area contributed by atoms with Crippen LogP contribution in [-0.2, 0) is 0 Å². The van der Waals surface area contributed by atoms with Crippen LogP contribution in [0.5, 0.6) is 0 Å². The van der Waals surface area contributed by atoms with Crippen molar-refractivity contribution in [2.24, 2.45) is 0 Å². The van der Waals surface area contributed by atoms with Crippen LogP contribution in [0, 0.1) is 6.92 Å². The van der Waals surface area contributed by atoms with Crippen LogP contribution < -0.4 is 5.32 Å². The van der Waals surface area contributed by atoms with Crippen molar-refractivity contribution in [3.8, 4) is 22.4 Å². The third kappa shape index (κ3) is 3.86. The number of hydrogen-bond acceptors (Lipinski definition) is 2. The molecule has 0 bridgehead atoms. The van der Waals surface area contributed by atoms with E-state index in [1.807, 2.05) is 72.8 Å². The predicted molar refractivity (Wildman–Crippen MR) is 115 cm³/mol. The van der Waals surface area contributed by atoms with Gasteiger partial charge in [-0.1, -0.05) is 72.3 Å². The molecule has 3 heteroatoms. The Morgan fingerprint density at radius 2 is 1.37 bits per heavy atom. The maximum atomic E-state index is 6.08. The number of benzene rings is 3. The first-order valence-corrected chi connectivity index (χ1v) is 9.23. The number of hydrogen-bond donors (Lipinski definition) is 1. The molecule has 0 aliphatic carbocycles. The topological polar surface area (TPSA) is 24.9 Å². The molecule has 0 saturated heterocycles. The molecular formula is C24H19ClN2. The minimum Gasteiger partial charge on any atom is -0.340 e. The quantitative estimate of drug-likeness (QED) is 0.413. The lowest BCUT2D eigenvalue weighted by Crippen LogP contribution is -2.00. The molecule has 2 nitrogen and oxygen atoms in total. The van der Waals surface area contributed by atoms with Crippen molar-refractivity contribution in [3.63, 3.8) is 0 Å². The Labute approximate surface area is 164 Å². The zero-order valence-electron chi connectivity index (χ0n) is 15.0. The lowest BCUT2D eigenvalue weighted by molar-refractivity contribution is 1.26. The van der Waals surface area contributed by atoms with Gasteiger partial charge in [0, 0.05) is 16.3 Å². The summed E-state index contributed by atoms with van der Waals surface area (Å²) in [5, 5.41) is 4.20. The molecule has 0 fully saturated rings. The number of aromatic nitrogens is 1. The van der Waals surface area contributed by atoms with E-state index < -0.39 is 0 Å². The summed E-state index contributed by atoms with van der Waals surface area (Å²) in [5.41, 5.74) is 6.39. The molecule has 0 aliphatic rings. The summed E-state index contributed by atoms with van der Waals surface area (Å²) in [6.07, 6.45) is 0. The largest absolute Gasteiger partial charge is 0.340 e. The molecule has 0 atom stereocenters. The monoisotopic (exact) mass is 370 g/mol. The molecule has 1 N–H and O–H groups in total. The van der Waals surface area contributed by atoms with E-state index in [4.69, 9.17) is 16.6 Å². The average Bonchev–Trinajstić information content (AvgIpc) is 2.72. The van der Waals surface area contributed by atoms with Crippen molar-refractivity contribution in [2.45, 2.75) is 6.92 Å². The van der Waals surface area contributed by atoms with Gasteiger partial charge in [-0.05, 0) is 53.9 Å². The van der Waals surface area contributed by atoms with E-state index in [-0.39, 0.29) is 0 Å². The Balaban J connectivity index is 1.87. The first-order valence-electron chi connectivity index (χ1n) is 8.86. The van der Waals surface area contributed by atoms with Crippen molar-refractivity contribution >= 4 is 23.1 Å². The Morgan fingerprint density at radius 1 is 0.741 bits per heavy atom. The van der Waals surface area contributed by atoms with E-state index >= 15 is 0 Å². The van der Waals surface area contributed by atoms with Crippen LogP contribution in [0.2, 0.25) is 5.02 Å². The van der Waals surface area contributed by atoms with Crippen molar-refractivity contribution in [1.29, 1.82) is 0 Å². The molecule has 0 spiro atoms. The van der Waals surface area contributed by atoms with E-state index in [0.717, 1.165) is 44.5 Å². The molecule has 132 valence electrons. The molecule has 1 aromatic heterocycles. The van der Waals surface area contributed by atoms with E-state index in [2.05, 4.69) is 30.4 Å². The zero-order chi connectivity index (χ0) is 18.6. The third-order valence-electron chi connectivity index (χ3n) is 4.53. The van der Waals surface area contributed by atoms with Gasteiger partial charge in [0.1, 0.15) is 5.82 Å². The lowest BCUT2D eigenvalue weighted by atomic mass is 9.98. The summed E-state index contributed by atoms with van der Waals surface area (Å²) >= 11 is 6.08. The Bertz CT molecular complexity index is 1040. The van der Waals surface area contributed by atoms with Gasteiger partial charge in [0.15, 0.2) is 0 Å². The summed E-state index contributed by atoms with van der Waals surface area (Å²) in [6, 6.07) is 30.4. The third-order valence-corrected chi connectivity index (χ3v) is 4.79. The highest BCUT2D eigenvalue weighted by Gasteiger charge is 2.12. The number of nitrogens with zero attached hydrogens (tertiary/aromatic N) is 1. The SMILES string of the molecule is Cc1c(-c2ccc(Cl)cc2)cc(-c2ccccc2)nc1Nc1ccccc1. The van der Waals surface area contributed by atoms with Crippen LogP contribution in [-0.4, -0.2) is 4.98 Å². The number of anilines is 2. The van der Waals surface area contributed by atoms with Gasteiger partial charge in [0.05, 0.1) is 5.69 Å². The zero-order valence-corrected chi connectivity index (χ0v) is 15.7. The van der Waals surface area contributed by atoms with Gasteiger partial charge in [-0.3, -0.25) is 0 Å². The first-order chi connectivity index (χ1) is 13.2. The summed E-state index contributed by atoms with van der Waals surface area (Å²) in [7, 11) is 0. The van der Waals surface area contributed by atoms with Crippen molar-refractivity contribution in [3.05, 3.63) is 102 Å². The smallest absolute Gasteiger partial charge is 0.134 e. The standard InChI is InChI=1S/C24H19ClN2/c1-17-22(18-12-14-20(25)15-13-18)16-23(19-8-4-2-5-9-19)27-24(17)26-21-10-6-3-7-11-21/h2-16H,1H3,(H,26,27). The predicted octanol–water partition coefficient (Wildman–Crippen LogP) is 7.12. The second kappa shape index (κ2) is 7.65. The number of para-hydroxylation sites is 1. The highest BCUT2D eigenvalue weighted by Crippen LogP contribution is 2.33. The summed E-state index contributed by atoms with van der Waals surface area (Å²) < 4.78 is 0. The van der Waals surface area contributed by atoms with Crippen molar-refractivity contribution in [1.82, 2.24) is 4.98 Å². The fourth-order valence-electron chi connectivity index (χ4n) is 3.08. The molecule has 4 rings (SSSR count). The van der Waals surface area contributed by atoms with Gasteiger partial charge >= 0.3 is 0 Å². The minimum absolute atomic E-state index is 0.733. The molecule has 0 saturated carbocycles. The fourth-order valence-corrected chi connectivity index (χ4v) is 3.20. The van der Waals surface area contributed by atoms with Crippen LogP contribution in [0.15, 0.2) is 91.0 Å². The van der Waals surface area contributed by atoms with Crippen LogP contribution in [0.3, 0.4) is 0 Å². The summed E-state index contributed by atoms with van der Waals surface area (Å²) in [5.74, 6) is 0.854. The Hall–Kier alpha value is -3.10. The maximum absolute atomic E-state index is 6.08. The molecule has 3 aromatic carbocycles. The van der Waals surface area contributed by atoms with E-state index in [1.54, 1.807) is 0 Å². The van der Waals surface area contributed by atoms with Gasteiger partial charge in [-0.25, -0.2) is 4.98 Å². The second-order valence-electron chi connectivity index (χ2n) is 6.39. The number of pyridine rings is 1. The van der Waals surface area contributed by atoms with Crippen LogP contribution in [0.4, 0.5) is 11.5 Å². The minimum atomic E-state index is 0.733. The highest BCUT2D eigenvalue weighted by molar-refractivity contribution is 6.30. The normalized spacial score (nSPS) is 10.6. The average molecular weight is 371 g/mol. The van der Waals surface area contributed by atoms with Gasteiger partial charge in [0.25, 0.3) is 0 Å². The van der Waals surface area contributed by atoms with E-state index in [1.165, 1.54) is 0 Å². The second-order valence-corrected chi connectivity index (χ2v) is 6.83. The van der Waals surface area contributed by atoms with Crippen molar-refractivity contribution < 1.29 is 0 Å². The fraction of sp³-hybridized carbons (Fsp3) is 0.0417. The molecular weight excluding hydrogens is 352 g/mol. The molecule has 27 heavy (non-hydrogen) atoms. The first kappa shape index (κ1) is 17.3. The molecule has 0 amide bonds. The van der Waals surface area contributed by atoms with Gasteiger partial charge in [0.2, 0.25) is 0 Å².